The van der Waals surface area contributed by atoms with E-state index in [2.05, 4.69) is 81.4 Å². The first kappa shape index (κ1) is 18.7. The molecule has 0 saturated carbocycles. The first-order chi connectivity index (χ1) is 12.7. The molecule has 134 valence electrons. The number of aryl methyl sites for hydroxylation is 2. The maximum Gasteiger partial charge on any atom is 0.130 e. The highest BCUT2D eigenvalue weighted by atomic mass is 31.1. The van der Waals surface area contributed by atoms with Crippen molar-refractivity contribution in [1.82, 2.24) is 0 Å². The maximum atomic E-state index is 6.34. The minimum atomic E-state index is 0.333. The third-order valence-electron chi connectivity index (χ3n) is 4.92. The lowest BCUT2D eigenvalue weighted by atomic mass is 9.94. The molecule has 3 aromatic rings. The average Bonchev–Trinajstić information content (AvgIpc) is 2.69. The van der Waals surface area contributed by atoms with Gasteiger partial charge in [-0.25, -0.2) is 0 Å². The van der Waals surface area contributed by atoms with Gasteiger partial charge in [0.15, 0.2) is 0 Å². The van der Waals surface area contributed by atoms with Crippen molar-refractivity contribution >= 4 is 14.1 Å². The van der Waals surface area contributed by atoms with E-state index in [9.17, 15) is 0 Å². The highest BCUT2D eigenvalue weighted by molar-refractivity contribution is 7.42. The van der Waals surface area contributed by atoms with Gasteiger partial charge in [-0.3, -0.25) is 0 Å². The van der Waals surface area contributed by atoms with Crippen LogP contribution in [0.5, 0.6) is 5.75 Å². The first-order valence-corrected chi connectivity index (χ1v) is 10.3. The lowest BCUT2D eigenvalue weighted by Crippen LogP contribution is -2.02. The van der Waals surface area contributed by atoms with E-state index in [1.807, 2.05) is 6.07 Å². The molecule has 0 aliphatic carbocycles. The smallest absolute Gasteiger partial charge is 0.130 e. The predicted molar refractivity (Wildman–Crippen MR) is 114 cm³/mol. The van der Waals surface area contributed by atoms with Gasteiger partial charge in [-0.2, -0.15) is 0 Å². The third-order valence-corrected chi connectivity index (χ3v) is 5.80. The van der Waals surface area contributed by atoms with E-state index >= 15 is 0 Å². The van der Waals surface area contributed by atoms with Gasteiger partial charge in [-0.1, -0.05) is 80.6 Å². The van der Waals surface area contributed by atoms with Crippen molar-refractivity contribution in [2.75, 3.05) is 0 Å². The van der Waals surface area contributed by atoms with Crippen LogP contribution in [0, 0.1) is 6.92 Å². The van der Waals surface area contributed by atoms with Crippen LogP contribution in [0.2, 0.25) is 0 Å². The van der Waals surface area contributed by atoms with Gasteiger partial charge >= 0.3 is 0 Å². The first-order valence-electron chi connectivity index (χ1n) is 9.39. The summed E-state index contributed by atoms with van der Waals surface area (Å²) in [7, 11) is 0.333. The van der Waals surface area contributed by atoms with Crippen molar-refractivity contribution in [3.8, 4) is 5.75 Å². The molecule has 0 radical (unpaired) electrons. The summed E-state index contributed by atoms with van der Waals surface area (Å²) in [6, 6.07) is 23.6. The largest absolute Gasteiger partial charge is 0.472 e. The normalized spacial score (nSPS) is 11.2. The van der Waals surface area contributed by atoms with Crippen LogP contribution < -0.4 is 9.83 Å². The third kappa shape index (κ3) is 4.34. The lowest BCUT2D eigenvalue weighted by molar-refractivity contribution is 0.618. The van der Waals surface area contributed by atoms with Gasteiger partial charge < -0.3 is 4.52 Å². The Labute approximate surface area is 159 Å². The Morgan fingerprint density at radius 1 is 0.692 bits per heavy atom. The molecule has 0 heterocycles. The molecule has 1 atom stereocenters. The van der Waals surface area contributed by atoms with Crippen LogP contribution in [0.1, 0.15) is 41.7 Å². The van der Waals surface area contributed by atoms with E-state index in [0.717, 1.165) is 25.0 Å². The van der Waals surface area contributed by atoms with E-state index < -0.39 is 0 Å². The summed E-state index contributed by atoms with van der Waals surface area (Å²) in [4.78, 5) is 0. The molecule has 0 aliphatic rings. The molecule has 0 N–H and O–H groups in total. The molecule has 0 bridgehead atoms. The molecule has 0 aliphatic heterocycles. The van der Waals surface area contributed by atoms with Crippen LogP contribution in [-0.4, -0.2) is 0 Å². The average molecular weight is 362 g/mol. The Balaban J connectivity index is 1.89. The van der Waals surface area contributed by atoms with Crippen molar-refractivity contribution < 1.29 is 4.52 Å². The fourth-order valence-corrected chi connectivity index (χ4v) is 4.13. The van der Waals surface area contributed by atoms with Gasteiger partial charge in [0, 0.05) is 11.7 Å². The Morgan fingerprint density at radius 2 is 1.31 bits per heavy atom. The molecule has 0 saturated heterocycles. The molecule has 0 aromatic heterocycles. The van der Waals surface area contributed by atoms with E-state index in [4.69, 9.17) is 4.52 Å². The molecular formula is C24H27OP. The van der Waals surface area contributed by atoms with Gasteiger partial charge in [0.25, 0.3) is 0 Å². The highest BCUT2D eigenvalue weighted by Gasteiger charge is 2.12. The molecule has 3 rings (SSSR count). The van der Waals surface area contributed by atoms with Crippen LogP contribution in [0.25, 0.3) is 0 Å². The Bertz CT molecular complexity index is 855. The SMILES string of the molecule is CCc1cccc(Cc2cccc(CC)c2OPc2ccccc2)c1C. The van der Waals surface area contributed by atoms with Crippen LogP contribution in [-0.2, 0) is 19.3 Å². The zero-order valence-electron chi connectivity index (χ0n) is 15.9. The van der Waals surface area contributed by atoms with Crippen LogP contribution in [0.15, 0.2) is 66.7 Å². The second-order valence-electron chi connectivity index (χ2n) is 6.56. The number of hydrogen-bond acceptors (Lipinski definition) is 1. The topological polar surface area (TPSA) is 9.23 Å². The second-order valence-corrected chi connectivity index (χ2v) is 7.55. The number of benzene rings is 3. The Morgan fingerprint density at radius 3 is 2.00 bits per heavy atom. The highest BCUT2D eigenvalue weighted by Crippen LogP contribution is 2.32. The summed E-state index contributed by atoms with van der Waals surface area (Å²) >= 11 is 0. The van der Waals surface area contributed by atoms with Crippen molar-refractivity contribution in [3.05, 3.63) is 94.5 Å². The summed E-state index contributed by atoms with van der Waals surface area (Å²) in [5.74, 6) is 1.07. The molecule has 0 spiro atoms. The minimum absolute atomic E-state index is 0.333. The Kier molecular flexibility index (Phi) is 6.47. The van der Waals surface area contributed by atoms with Crippen molar-refractivity contribution in [2.45, 2.75) is 40.0 Å². The standard InChI is InChI=1S/C24H27OP/c1-4-19-11-9-13-21(18(19)3)17-22-14-10-12-20(5-2)24(22)25-26-23-15-7-6-8-16-23/h6-16,26H,4-5,17H2,1-3H3. The number of para-hydroxylation sites is 1. The quantitative estimate of drug-likeness (QED) is 0.468. The van der Waals surface area contributed by atoms with Gasteiger partial charge in [0.05, 0.1) is 0 Å². The molecule has 0 fully saturated rings. The maximum absolute atomic E-state index is 6.34. The molecule has 1 unspecified atom stereocenters. The summed E-state index contributed by atoms with van der Waals surface area (Å²) in [5, 5.41) is 1.23. The van der Waals surface area contributed by atoms with Crippen LogP contribution in [0.4, 0.5) is 0 Å². The molecule has 0 amide bonds. The Hall–Kier alpha value is -2.11. The molecule has 26 heavy (non-hydrogen) atoms. The second kappa shape index (κ2) is 9.01. The zero-order valence-corrected chi connectivity index (χ0v) is 16.9. The molecular weight excluding hydrogens is 335 g/mol. The molecule has 1 nitrogen and oxygen atoms in total. The lowest BCUT2D eigenvalue weighted by Gasteiger charge is -2.17. The van der Waals surface area contributed by atoms with E-state index in [0.29, 0.717) is 8.81 Å². The summed E-state index contributed by atoms with van der Waals surface area (Å²) < 4.78 is 6.34. The zero-order chi connectivity index (χ0) is 18.4. The van der Waals surface area contributed by atoms with Crippen molar-refractivity contribution in [3.63, 3.8) is 0 Å². The monoisotopic (exact) mass is 362 g/mol. The number of hydrogen-bond donors (Lipinski definition) is 0. The molecule has 2 heteroatoms. The number of rotatable bonds is 7. The van der Waals surface area contributed by atoms with E-state index in [1.54, 1.807) is 0 Å². The van der Waals surface area contributed by atoms with Crippen LogP contribution >= 0.6 is 8.81 Å². The van der Waals surface area contributed by atoms with Gasteiger partial charge in [0.2, 0.25) is 0 Å². The summed E-state index contributed by atoms with van der Waals surface area (Å²) in [5.41, 5.74) is 6.81. The fourth-order valence-electron chi connectivity index (χ4n) is 3.32. The van der Waals surface area contributed by atoms with Gasteiger partial charge in [-0.15, -0.1) is 0 Å². The van der Waals surface area contributed by atoms with Crippen molar-refractivity contribution in [1.29, 1.82) is 0 Å². The molecule has 3 aromatic carbocycles. The minimum Gasteiger partial charge on any atom is -0.472 e. The van der Waals surface area contributed by atoms with Crippen LogP contribution in [0.3, 0.4) is 0 Å². The van der Waals surface area contributed by atoms with Gasteiger partial charge in [0.1, 0.15) is 14.6 Å². The fraction of sp³-hybridized carbons (Fsp3) is 0.250. The summed E-state index contributed by atoms with van der Waals surface area (Å²) in [6.07, 6.45) is 2.98. The van der Waals surface area contributed by atoms with Crippen molar-refractivity contribution in [2.24, 2.45) is 0 Å². The van der Waals surface area contributed by atoms with E-state index in [-0.39, 0.29) is 0 Å². The van der Waals surface area contributed by atoms with Gasteiger partial charge in [-0.05, 0) is 47.6 Å². The predicted octanol–water partition coefficient (Wildman–Crippen LogP) is 6.01. The summed E-state index contributed by atoms with van der Waals surface area (Å²) in [6.45, 7) is 6.66. The van der Waals surface area contributed by atoms with E-state index in [1.165, 1.54) is 33.1 Å².